The van der Waals surface area contributed by atoms with E-state index in [2.05, 4.69) is 36.1 Å². The van der Waals surface area contributed by atoms with Gasteiger partial charge in [0.15, 0.2) is 0 Å². The van der Waals surface area contributed by atoms with Crippen LogP contribution in [0.5, 0.6) is 5.75 Å². The Morgan fingerprint density at radius 1 is 0.962 bits per heavy atom. The number of ether oxygens (including phenoxy) is 1. The van der Waals surface area contributed by atoms with Crippen LogP contribution in [0.3, 0.4) is 0 Å². The molecule has 1 amide bonds. The molecule has 2 aromatic rings. The molecule has 2 aromatic carbocycles. The molecule has 0 aromatic heterocycles. The minimum atomic E-state index is 0.240. The van der Waals surface area contributed by atoms with Gasteiger partial charge in [0.05, 0.1) is 13.5 Å². The maximum Gasteiger partial charge on any atom is 0.227 e. The first kappa shape index (κ1) is 18.5. The number of para-hydroxylation sites is 1. The first-order valence-corrected chi connectivity index (χ1v) is 9.34. The van der Waals surface area contributed by atoms with Gasteiger partial charge in [-0.1, -0.05) is 42.5 Å². The maximum atomic E-state index is 12.6. The predicted molar refractivity (Wildman–Crippen MR) is 105 cm³/mol. The second-order valence-electron chi connectivity index (χ2n) is 6.89. The average molecular weight is 352 g/mol. The van der Waals surface area contributed by atoms with Gasteiger partial charge >= 0.3 is 0 Å². The number of amides is 1. The van der Waals surface area contributed by atoms with Gasteiger partial charge in [-0.25, -0.2) is 0 Å². The highest BCUT2D eigenvalue weighted by atomic mass is 16.5. The van der Waals surface area contributed by atoms with E-state index < -0.39 is 0 Å². The highest BCUT2D eigenvalue weighted by Gasteiger charge is 2.21. The number of carbonyl (C=O) groups excluding carboxylic acids is 1. The summed E-state index contributed by atoms with van der Waals surface area (Å²) in [5.41, 5.74) is 3.57. The predicted octanol–water partition coefficient (Wildman–Crippen LogP) is 2.93. The Bertz CT molecular complexity index is 736. The van der Waals surface area contributed by atoms with Gasteiger partial charge in [0.25, 0.3) is 0 Å². The lowest BCUT2D eigenvalue weighted by Crippen LogP contribution is -2.49. The monoisotopic (exact) mass is 352 g/mol. The Balaban J connectivity index is 1.47. The van der Waals surface area contributed by atoms with Crippen LogP contribution in [0.1, 0.15) is 16.7 Å². The van der Waals surface area contributed by atoms with Crippen molar-refractivity contribution in [2.24, 2.45) is 0 Å². The van der Waals surface area contributed by atoms with E-state index in [1.807, 2.05) is 29.2 Å². The molecule has 0 spiro atoms. The summed E-state index contributed by atoms with van der Waals surface area (Å²) in [6, 6.07) is 16.3. The molecule has 0 bridgehead atoms. The van der Waals surface area contributed by atoms with E-state index in [0.717, 1.165) is 50.5 Å². The van der Waals surface area contributed by atoms with Crippen LogP contribution in [-0.4, -0.2) is 55.5 Å². The fourth-order valence-corrected chi connectivity index (χ4v) is 3.49. The van der Waals surface area contributed by atoms with Gasteiger partial charge in [0, 0.05) is 32.7 Å². The molecule has 0 unspecified atom stereocenters. The van der Waals surface area contributed by atoms with Crippen molar-refractivity contribution < 1.29 is 9.53 Å². The van der Waals surface area contributed by atoms with Crippen LogP contribution in [0.15, 0.2) is 48.5 Å². The van der Waals surface area contributed by atoms with Gasteiger partial charge in [-0.15, -0.1) is 0 Å². The summed E-state index contributed by atoms with van der Waals surface area (Å²) in [7, 11) is 1.72. The lowest BCUT2D eigenvalue weighted by molar-refractivity contribution is -0.132. The lowest BCUT2D eigenvalue weighted by Gasteiger charge is -2.35. The van der Waals surface area contributed by atoms with Crippen molar-refractivity contribution in [3.63, 3.8) is 0 Å². The number of hydrogen-bond donors (Lipinski definition) is 0. The second kappa shape index (κ2) is 8.86. The molecule has 0 aliphatic carbocycles. The third-order valence-electron chi connectivity index (χ3n) is 5.22. The largest absolute Gasteiger partial charge is 0.496 e. The summed E-state index contributed by atoms with van der Waals surface area (Å²) in [5, 5.41) is 0. The Hall–Kier alpha value is -2.33. The van der Waals surface area contributed by atoms with E-state index >= 15 is 0 Å². The molecule has 0 saturated carbocycles. The summed E-state index contributed by atoms with van der Waals surface area (Å²) < 4.78 is 5.43. The van der Waals surface area contributed by atoms with E-state index in [1.165, 1.54) is 11.1 Å². The molecule has 1 aliphatic heterocycles. The number of aryl methyl sites for hydroxylation is 1. The van der Waals surface area contributed by atoms with Crippen molar-refractivity contribution in [2.75, 3.05) is 39.8 Å². The van der Waals surface area contributed by atoms with Gasteiger partial charge in [-0.05, 0) is 36.1 Å². The quantitative estimate of drug-likeness (QED) is 0.801. The summed E-state index contributed by atoms with van der Waals surface area (Å²) in [6.07, 6.45) is 1.48. The molecule has 3 rings (SSSR count). The molecular weight excluding hydrogens is 324 g/mol. The molecule has 1 fully saturated rings. The Morgan fingerprint density at radius 2 is 1.62 bits per heavy atom. The van der Waals surface area contributed by atoms with Crippen LogP contribution in [0.4, 0.5) is 0 Å². The molecule has 0 N–H and O–H groups in total. The van der Waals surface area contributed by atoms with Crippen LogP contribution >= 0.6 is 0 Å². The van der Waals surface area contributed by atoms with E-state index in [4.69, 9.17) is 4.74 Å². The van der Waals surface area contributed by atoms with E-state index in [-0.39, 0.29) is 5.91 Å². The third-order valence-corrected chi connectivity index (χ3v) is 5.22. The zero-order valence-electron chi connectivity index (χ0n) is 15.8. The van der Waals surface area contributed by atoms with Crippen LogP contribution in [0.2, 0.25) is 0 Å². The number of carbonyl (C=O) groups is 1. The topological polar surface area (TPSA) is 32.8 Å². The average Bonchev–Trinajstić information content (AvgIpc) is 2.68. The van der Waals surface area contributed by atoms with Crippen molar-refractivity contribution in [2.45, 2.75) is 19.8 Å². The number of hydrogen-bond acceptors (Lipinski definition) is 3. The molecular formula is C22H28N2O2. The highest BCUT2D eigenvalue weighted by molar-refractivity contribution is 5.79. The smallest absolute Gasteiger partial charge is 0.227 e. The van der Waals surface area contributed by atoms with Gasteiger partial charge in [-0.2, -0.15) is 0 Å². The molecule has 0 atom stereocenters. The molecule has 138 valence electrons. The number of piperazine rings is 1. The summed E-state index contributed by atoms with van der Waals surface area (Å²) in [6.45, 7) is 6.58. The Morgan fingerprint density at radius 3 is 2.31 bits per heavy atom. The fraction of sp³-hybridized carbons (Fsp3) is 0.409. The maximum absolute atomic E-state index is 12.6. The van der Waals surface area contributed by atoms with E-state index in [9.17, 15) is 4.79 Å². The van der Waals surface area contributed by atoms with Crippen LogP contribution in [0, 0.1) is 6.92 Å². The molecule has 1 saturated heterocycles. The Kier molecular flexibility index (Phi) is 6.29. The fourth-order valence-electron chi connectivity index (χ4n) is 3.49. The first-order valence-electron chi connectivity index (χ1n) is 9.34. The number of methoxy groups -OCH3 is 1. The molecule has 0 radical (unpaired) electrons. The van der Waals surface area contributed by atoms with Crippen molar-refractivity contribution >= 4 is 5.91 Å². The van der Waals surface area contributed by atoms with Crippen molar-refractivity contribution in [1.82, 2.24) is 9.80 Å². The number of benzene rings is 2. The zero-order valence-corrected chi connectivity index (χ0v) is 15.8. The standard InChI is InChI=1S/C22H28N2O2/c1-18-7-3-4-9-20(18)17-22(25)24-15-13-23(14-16-24)12-11-19-8-5-6-10-21(19)26-2/h3-10H,11-17H2,1-2H3. The highest BCUT2D eigenvalue weighted by Crippen LogP contribution is 2.18. The van der Waals surface area contributed by atoms with Gasteiger partial charge in [0.1, 0.15) is 5.75 Å². The van der Waals surface area contributed by atoms with Crippen molar-refractivity contribution in [3.8, 4) is 5.75 Å². The zero-order chi connectivity index (χ0) is 18.4. The SMILES string of the molecule is COc1ccccc1CCN1CCN(C(=O)Cc2ccccc2C)CC1. The second-order valence-corrected chi connectivity index (χ2v) is 6.89. The van der Waals surface area contributed by atoms with Gasteiger partial charge in [0.2, 0.25) is 5.91 Å². The van der Waals surface area contributed by atoms with Crippen molar-refractivity contribution in [3.05, 3.63) is 65.2 Å². The number of rotatable bonds is 6. The third kappa shape index (κ3) is 4.64. The van der Waals surface area contributed by atoms with Crippen LogP contribution in [0.25, 0.3) is 0 Å². The minimum Gasteiger partial charge on any atom is -0.496 e. The van der Waals surface area contributed by atoms with Gasteiger partial charge in [-0.3, -0.25) is 9.69 Å². The lowest BCUT2D eigenvalue weighted by atomic mass is 10.1. The summed E-state index contributed by atoms with van der Waals surface area (Å²) in [5.74, 6) is 1.20. The summed E-state index contributed by atoms with van der Waals surface area (Å²) >= 11 is 0. The molecule has 1 heterocycles. The number of nitrogens with zero attached hydrogens (tertiary/aromatic N) is 2. The molecule has 1 aliphatic rings. The van der Waals surface area contributed by atoms with E-state index in [0.29, 0.717) is 6.42 Å². The molecule has 26 heavy (non-hydrogen) atoms. The van der Waals surface area contributed by atoms with Gasteiger partial charge < -0.3 is 9.64 Å². The van der Waals surface area contributed by atoms with Crippen LogP contribution in [-0.2, 0) is 17.6 Å². The normalized spacial score (nSPS) is 15.1. The molecule has 4 heteroatoms. The summed E-state index contributed by atoms with van der Waals surface area (Å²) in [4.78, 5) is 17.0. The first-order chi connectivity index (χ1) is 12.7. The molecule has 4 nitrogen and oxygen atoms in total. The van der Waals surface area contributed by atoms with E-state index in [1.54, 1.807) is 7.11 Å². The Labute approximate surface area is 156 Å². The van der Waals surface area contributed by atoms with Crippen LogP contribution < -0.4 is 4.74 Å². The minimum absolute atomic E-state index is 0.240. The van der Waals surface area contributed by atoms with Crippen molar-refractivity contribution in [1.29, 1.82) is 0 Å².